The Morgan fingerprint density at radius 1 is 0.769 bits per heavy atom. The summed E-state index contributed by atoms with van der Waals surface area (Å²) >= 11 is 2.85. The first-order valence-electron chi connectivity index (χ1n) is 8.13. The minimum absolute atomic E-state index is 0.624. The predicted octanol–water partition coefficient (Wildman–Crippen LogP) is 2.80. The molecule has 0 amide bonds. The Bertz CT molecular complexity index is 787. The molecule has 4 heterocycles. The number of hydrogen-bond acceptors (Lipinski definition) is 9. The number of hydrogen-bond donors (Lipinski definition) is 0. The molecule has 0 saturated carbocycles. The van der Waals surface area contributed by atoms with E-state index in [1.165, 1.54) is 23.5 Å². The summed E-state index contributed by atoms with van der Waals surface area (Å²) in [5.41, 5.74) is 0. The summed E-state index contributed by atoms with van der Waals surface area (Å²) in [5.74, 6) is 0.667. The lowest BCUT2D eigenvalue weighted by molar-refractivity contribution is 0.122. The molecule has 1 saturated heterocycles. The molecule has 0 atom stereocenters. The molecule has 3 aromatic rings. The zero-order chi connectivity index (χ0) is 17.6. The molecular formula is C17H16N6OS2. The highest BCUT2D eigenvalue weighted by atomic mass is 32.2. The van der Waals surface area contributed by atoms with Crippen molar-refractivity contribution < 1.29 is 4.74 Å². The van der Waals surface area contributed by atoms with Crippen molar-refractivity contribution in [3.8, 4) is 0 Å². The average molecular weight is 384 g/mol. The van der Waals surface area contributed by atoms with E-state index in [4.69, 9.17) is 4.74 Å². The maximum Gasteiger partial charge on any atom is 0.230 e. The maximum atomic E-state index is 5.43. The molecule has 1 fully saturated rings. The van der Waals surface area contributed by atoms with Crippen LogP contribution in [0.25, 0.3) is 0 Å². The van der Waals surface area contributed by atoms with Crippen molar-refractivity contribution in [3.05, 3.63) is 48.8 Å². The van der Waals surface area contributed by atoms with E-state index in [9.17, 15) is 0 Å². The quantitative estimate of drug-likeness (QED) is 0.660. The van der Waals surface area contributed by atoms with Gasteiger partial charge in [0, 0.05) is 25.5 Å². The van der Waals surface area contributed by atoms with Crippen molar-refractivity contribution in [2.24, 2.45) is 0 Å². The van der Waals surface area contributed by atoms with Gasteiger partial charge in [-0.3, -0.25) is 0 Å². The number of anilines is 1. The van der Waals surface area contributed by atoms with Crippen LogP contribution in [0, 0.1) is 0 Å². The fraction of sp³-hybridized carbons (Fsp3) is 0.235. The fourth-order valence-electron chi connectivity index (χ4n) is 2.33. The predicted molar refractivity (Wildman–Crippen MR) is 99.6 cm³/mol. The first kappa shape index (κ1) is 17.2. The SMILES string of the molecule is c1ccc(Sc2nc(Sc3ccccn3)nc(N3CCOCC3)n2)nc1. The monoisotopic (exact) mass is 384 g/mol. The summed E-state index contributed by atoms with van der Waals surface area (Å²) in [7, 11) is 0. The summed E-state index contributed by atoms with van der Waals surface area (Å²) in [6.07, 6.45) is 3.52. The summed E-state index contributed by atoms with van der Waals surface area (Å²) < 4.78 is 5.43. The first-order chi connectivity index (χ1) is 12.9. The molecule has 0 radical (unpaired) electrons. The summed E-state index contributed by atoms with van der Waals surface area (Å²) in [6.45, 7) is 2.89. The zero-order valence-electron chi connectivity index (χ0n) is 13.9. The van der Waals surface area contributed by atoms with E-state index >= 15 is 0 Å². The molecule has 9 heteroatoms. The third kappa shape index (κ3) is 4.48. The van der Waals surface area contributed by atoms with Gasteiger partial charge in [-0.05, 0) is 47.8 Å². The lowest BCUT2D eigenvalue weighted by atomic mass is 10.4. The van der Waals surface area contributed by atoms with Crippen molar-refractivity contribution in [2.45, 2.75) is 20.4 Å². The van der Waals surface area contributed by atoms with Gasteiger partial charge < -0.3 is 9.64 Å². The fourth-order valence-corrected chi connectivity index (χ4v) is 3.80. The number of ether oxygens (including phenoxy) is 1. The summed E-state index contributed by atoms with van der Waals surface area (Å²) in [5, 5.41) is 2.94. The van der Waals surface area contributed by atoms with Gasteiger partial charge >= 0.3 is 0 Å². The standard InChI is InChI=1S/C17H16N6OS2/c1-3-7-18-13(5-1)25-16-20-15(23-9-11-24-12-10-23)21-17(22-16)26-14-6-2-4-8-19-14/h1-8H,9-12H2. The second kappa shape index (κ2) is 8.43. The molecular weight excluding hydrogens is 368 g/mol. The third-order valence-corrected chi connectivity index (χ3v) is 5.18. The highest BCUT2D eigenvalue weighted by Crippen LogP contribution is 2.29. The Morgan fingerprint density at radius 3 is 1.85 bits per heavy atom. The van der Waals surface area contributed by atoms with Crippen LogP contribution in [0.15, 0.2) is 69.2 Å². The Morgan fingerprint density at radius 2 is 1.35 bits per heavy atom. The normalized spacial score (nSPS) is 14.4. The highest BCUT2D eigenvalue weighted by Gasteiger charge is 2.18. The Balaban J connectivity index is 1.64. The van der Waals surface area contributed by atoms with Gasteiger partial charge in [-0.15, -0.1) is 0 Å². The van der Waals surface area contributed by atoms with Gasteiger partial charge in [0.05, 0.1) is 13.2 Å². The van der Waals surface area contributed by atoms with Crippen LogP contribution < -0.4 is 4.90 Å². The third-order valence-electron chi connectivity index (χ3n) is 3.54. The molecule has 0 N–H and O–H groups in total. The smallest absolute Gasteiger partial charge is 0.230 e. The second-order valence-electron chi connectivity index (χ2n) is 5.34. The molecule has 4 rings (SSSR count). The number of nitrogens with zero attached hydrogens (tertiary/aromatic N) is 6. The maximum absolute atomic E-state index is 5.43. The Hall–Kier alpha value is -2.23. The molecule has 0 spiro atoms. The molecule has 1 aliphatic heterocycles. The average Bonchev–Trinajstić information content (AvgIpc) is 2.70. The van der Waals surface area contributed by atoms with Gasteiger partial charge in [0.2, 0.25) is 5.95 Å². The van der Waals surface area contributed by atoms with Crippen molar-refractivity contribution >= 4 is 29.5 Å². The van der Waals surface area contributed by atoms with Gasteiger partial charge in [-0.1, -0.05) is 12.1 Å². The van der Waals surface area contributed by atoms with Crippen molar-refractivity contribution in [3.63, 3.8) is 0 Å². The van der Waals surface area contributed by atoms with Gasteiger partial charge in [0.1, 0.15) is 10.1 Å². The number of aromatic nitrogens is 5. The van der Waals surface area contributed by atoms with Crippen LogP contribution in [-0.4, -0.2) is 51.2 Å². The Labute approximate surface area is 159 Å². The van der Waals surface area contributed by atoms with Crippen molar-refractivity contribution in [1.29, 1.82) is 0 Å². The van der Waals surface area contributed by atoms with E-state index in [-0.39, 0.29) is 0 Å². The lowest BCUT2D eigenvalue weighted by Gasteiger charge is -2.26. The van der Waals surface area contributed by atoms with E-state index < -0.39 is 0 Å². The van der Waals surface area contributed by atoms with E-state index in [2.05, 4.69) is 29.8 Å². The molecule has 0 bridgehead atoms. The minimum atomic E-state index is 0.624. The summed E-state index contributed by atoms with van der Waals surface area (Å²) in [6, 6.07) is 11.5. The van der Waals surface area contributed by atoms with Crippen LogP contribution in [-0.2, 0) is 4.74 Å². The molecule has 3 aromatic heterocycles. The number of rotatable bonds is 5. The van der Waals surface area contributed by atoms with Crippen LogP contribution in [0.2, 0.25) is 0 Å². The lowest BCUT2D eigenvalue weighted by Crippen LogP contribution is -2.37. The van der Waals surface area contributed by atoms with Crippen molar-refractivity contribution in [2.75, 3.05) is 31.2 Å². The van der Waals surface area contributed by atoms with Crippen LogP contribution >= 0.6 is 23.5 Å². The number of morpholine rings is 1. The van der Waals surface area contributed by atoms with Crippen LogP contribution in [0.5, 0.6) is 0 Å². The Kier molecular flexibility index (Phi) is 5.58. The van der Waals surface area contributed by atoms with E-state index in [1.807, 2.05) is 36.4 Å². The largest absolute Gasteiger partial charge is 0.378 e. The molecule has 0 aliphatic carbocycles. The van der Waals surface area contributed by atoms with Crippen molar-refractivity contribution in [1.82, 2.24) is 24.9 Å². The zero-order valence-corrected chi connectivity index (χ0v) is 15.5. The number of pyridine rings is 2. The van der Waals surface area contributed by atoms with Crippen LogP contribution in [0.4, 0.5) is 5.95 Å². The molecule has 26 heavy (non-hydrogen) atoms. The van der Waals surface area contributed by atoms with E-state index in [1.54, 1.807) is 12.4 Å². The summed E-state index contributed by atoms with van der Waals surface area (Å²) in [4.78, 5) is 24.6. The first-order valence-corrected chi connectivity index (χ1v) is 9.77. The topological polar surface area (TPSA) is 76.9 Å². The van der Waals surface area contributed by atoms with Gasteiger partial charge in [0.15, 0.2) is 10.3 Å². The highest BCUT2D eigenvalue weighted by molar-refractivity contribution is 7.99. The molecule has 1 aliphatic rings. The van der Waals surface area contributed by atoms with Gasteiger partial charge in [-0.2, -0.15) is 15.0 Å². The van der Waals surface area contributed by atoms with Gasteiger partial charge in [0.25, 0.3) is 0 Å². The van der Waals surface area contributed by atoms with Crippen LogP contribution in [0.3, 0.4) is 0 Å². The van der Waals surface area contributed by atoms with E-state index in [0.29, 0.717) is 29.5 Å². The van der Waals surface area contributed by atoms with Gasteiger partial charge in [-0.25, -0.2) is 9.97 Å². The van der Waals surface area contributed by atoms with E-state index in [0.717, 1.165) is 23.1 Å². The van der Waals surface area contributed by atoms with Crippen LogP contribution in [0.1, 0.15) is 0 Å². The molecule has 132 valence electrons. The second-order valence-corrected chi connectivity index (χ2v) is 7.32. The molecule has 0 aromatic carbocycles. The molecule has 0 unspecified atom stereocenters. The minimum Gasteiger partial charge on any atom is -0.378 e. The molecule has 7 nitrogen and oxygen atoms in total.